The lowest BCUT2D eigenvalue weighted by Crippen LogP contribution is -2.45. The number of hydrogen-bond acceptors (Lipinski definition) is 3. The SMILES string of the molecule is CC(CO)CC(CN)(C(=O)O)c1ccccc1F. The lowest BCUT2D eigenvalue weighted by Gasteiger charge is -2.31. The summed E-state index contributed by atoms with van der Waals surface area (Å²) in [6.45, 7) is 1.32. The summed E-state index contributed by atoms with van der Waals surface area (Å²) in [5, 5.41) is 18.5. The number of rotatable bonds is 6. The molecule has 0 spiro atoms. The topological polar surface area (TPSA) is 83.5 Å². The highest BCUT2D eigenvalue weighted by Crippen LogP contribution is 2.32. The summed E-state index contributed by atoms with van der Waals surface area (Å²) in [5.41, 5.74) is 4.16. The number of aliphatic carboxylic acids is 1. The molecule has 18 heavy (non-hydrogen) atoms. The highest BCUT2D eigenvalue weighted by atomic mass is 19.1. The van der Waals surface area contributed by atoms with E-state index in [0.717, 1.165) is 0 Å². The van der Waals surface area contributed by atoms with Gasteiger partial charge in [0.25, 0.3) is 0 Å². The zero-order chi connectivity index (χ0) is 13.8. The van der Waals surface area contributed by atoms with E-state index in [1.807, 2.05) is 0 Å². The van der Waals surface area contributed by atoms with Crippen LogP contribution in [0.25, 0.3) is 0 Å². The number of carboxylic acids is 1. The Kier molecular flexibility index (Phi) is 4.81. The number of nitrogens with two attached hydrogens (primary N) is 1. The summed E-state index contributed by atoms with van der Waals surface area (Å²) in [5.74, 6) is -2.03. The van der Waals surface area contributed by atoms with Crippen LogP contribution in [-0.2, 0) is 10.2 Å². The Bertz CT molecular complexity index is 424. The number of benzene rings is 1. The number of carbonyl (C=O) groups is 1. The second-order valence-corrected chi connectivity index (χ2v) is 4.56. The Balaban J connectivity index is 3.28. The van der Waals surface area contributed by atoms with Gasteiger partial charge in [0, 0.05) is 18.7 Å². The van der Waals surface area contributed by atoms with Gasteiger partial charge in [-0.1, -0.05) is 25.1 Å². The van der Waals surface area contributed by atoms with Crippen molar-refractivity contribution in [3.63, 3.8) is 0 Å². The van der Waals surface area contributed by atoms with Gasteiger partial charge in [-0.15, -0.1) is 0 Å². The van der Waals surface area contributed by atoms with Gasteiger partial charge in [0.2, 0.25) is 0 Å². The standard InChI is InChI=1S/C13H18FNO3/c1-9(7-16)6-13(8-15,12(17)18)10-4-2-3-5-11(10)14/h2-5,9,16H,6-8,15H2,1H3,(H,17,18). The first-order valence-electron chi connectivity index (χ1n) is 5.77. The number of aliphatic hydroxyl groups is 1. The molecule has 0 saturated heterocycles. The monoisotopic (exact) mass is 255 g/mol. The van der Waals surface area contributed by atoms with Gasteiger partial charge in [-0.2, -0.15) is 0 Å². The Hall–Kier alpha value is -1.46. The average molecular weight is 255 g/mol. The van der Waals surface area contributed by atoms with Gasteiger partial charge in [0.1, 0.15) is 11.2 Å². The molecule has 0 aromatic heterocycles. The Morgan fingerprint density at radius 3 is 2.56 bits per heavy atom. The molecule has 0 saturated carbocycles. The van der Waals surface area contributed by atoms with Crippen LogP contribution < -0.4 is 5.73 Å². The summed E-state index contributed by atoms with van der Waals surface area (Å²) >= 11 is 0. The van der Waals surface area contributed by atoms with E-state index in [1.165, 1.54) is 18.2 Å². The predicted octanol–water partition coefficient (Wildman–Crippen LogP) is 1.13. The van der Waals surface area contributed by atoms with Crippen molar-refractivity contribution in [2.75, 3.05) is 13.2 Å². The third-order valence-electron chi connectivity index (χ3n) is 3.16. The average Bonchev–Trinajstić information content (AvgIpc) is 2.36. The van der Waals surface area contributed by atoms with Gasteiger partial charge in [-0.3, -0.25) is 4.79 Å². The third kappa shape index (κ3) is 2.68. The number of halogens is 1. The fourth-order valence-corrected chi connectivity index (χ4v) is 2.10. The fraction of sp³-hybridized carbons (Fsp3) is 0.462. The molecule has 0 fully saturated rings. The van der Waals surface area contributed by atoms with Crippen molar-refractivity contribution in [1.29, 1.82) is 0 Å². The van der Waals surface area contributed by atoms with Gasteiger partial charge in [-0.25, -0.2) is 4.39 Å². The smallest absolute Gasteiger partial charge is 0.315 e. The molecule has 1 aromatic rings. The molecule has 0 aliphatic carbocycles. The predicted molar refractivity (Wildman–Crippen MR) is 65.6 cm³/mol. The van der Waals surface area contributed by atoms with E-state index in [9.17, 15) is 14.3 Å². The van der Waals surface area contributed by atoms with E-state index in [2.05, 4.69) is 0 Å². The Labute approximate surface area is 105 Å². The number of hydrogen-bond donors (Lipinski definition) is 3. The van der Waals surface area contributed by atoms with Crippen molar-refractivity contribution in [2.45, 2.75) is 18.8 Å². The van der Waals surface area contributed by atoms with Crippen molar-refractivity contribution in [3.8, 4) is 0 Å². The van der Waals surface area contributed by atoms with Crippen molar-refractivity contribution in [3.05, 3.63) is 35.6 Å². The van der Waals surface area contributed by atoms with E-state index in [1.54, 1.807) is 13.0 Å². The molecule has 0 aliphatic heterocycles. The van der Waals surface area contributed by atoms with Crippen molar-refractivity contribution < 1.29 is 19.4 Å². The molecule has 4 N–H and O–H groups in total. The van der Waals surface area contributed by atoms with E-state index >= 15 is 0 Å². The zero-order valence-corrected chi connectivity index (χ0v) is 10.3. The summed E-state index contributed by atoms with van der Waals surface area (Å²) in [6.07, 6.45) is 0.0935. The minimum absolute atomic E-state index is 0.0697. The number of carboxylic acid groups (broad SMARTS) is 1. The minimum Gasteiger partial charge on any atom is -0.481 e. The highest BCUT2D eigenvalue weighted by molar-refractivity contribution is 5.82. The maximum absolute atomic E-state index is 13.8. The molecule has 0 amide bonds. The largest absolute Gasteiger partial charge is 0.481 e. The van der Waals surface area contributed by atoms with Crippen molar-refractivity contribution in [2.24, 2.45) is 11.7 Å². The fourth-order valence-electron chi connectivity index (χ4n) is 2.10. The molecule has 1 rings (SSSR count). The van der Waals surface area contributed by atoms with E-state index in [4.69, 9.17) is 10.8 Å². The van der Waals surface area contributed by atoms with Crippen LogP contribution in [0.4, 0.5) is 4.39 Å². The van der Waals surface area contributed by atoms with E-state index < -0.39 is 17.2 Å². The van der Waals surface area contributed by atoms with Crippen LogP contribution in [0, 0.1) is 11.7 Å². The molecule has 2 atom stereocenters. The van der Waals surface area contributed by atoms with Crippen LogP contribution >= 0.6 is 0 Å². The lowest BCUT2D eigenvalue weighted by atomic mass is 9.74. The molecule has 5 heteroatoms. The van der Waals surface area contributed by atoms with Crippen LogP contribution in [0.2, 0.25) is 0 Å². The molecule has 0 aliphatic rings. The molecule has 4 nitrogen and oxygen atoms in total. The van der Waals surface area contributed by atoms with Crippen LogP contribution in [0.15, 0.2) is 24.3 Å². The van der Waals surface area contributed by atoms with Gasteiger partial charge in [0.05, 0.1) is 0 Å². The highest BCUT2D eigenvalue weighted by Gasteiger charge is 2.42. The van der Waals surface area contributed by atoms with E-state index in [0.29, 0.717) is 0 Å². The molecule has 0 bridgehead atoms. The van der Waals surface area contributed by atoms with E-state index in [-0.39, 0.29) is 31.1 Å². The lowest BCUT2D eigenvalue weighted by molar-refractivity contribution is -0.144. The van der Waals surface area contributed by atoms with Gasteiger partial charge in [-0.05, 0) is 18.4 Å². The summed E-state index contributed by atoms with van der Waals surface area (Å²) in [6, 6.07) is 5.72. The Morgan fingerprint density at radius 1 is 1.50 bits per heavy atom. The zero-order valence-electron chi connectivity index (χ0n) is 10.3. The van der Waals surface area contributed by atoms with Crippen LogP contribution in [-0.4, -0.2) is 29.3 Å². The number of aliphatic hydroxyl groups excluding tert-OH is 1. The second kappa shape index (κ2) is 5.93. The molecule has 0 heterocycles. The van der Waals surface area contributed by atoms with Gasteiger partial charge >= 0.3 is 5.97 Å². The maximum Gasteiger partial charge on any atom is 0.315 e. The summed E-state index contributed by atoms with van der Waals surface area (Å²) in [4.78, 5) is 11.5. The van der Waals surface area contributed by atoms with Crippen LogP contribution in [0.5, 0.6) is 0 Å². The first kappa shape index (κ1) is 14.6. The molecule has 0 radical (unpaired) electrons. The van der Waals surface area contributed by atoms with Crippen molar-refractivity contribution in [1.82, 2.24) is 0 Å². The quantitative estimate of drug-likeness (QED) is 0.711. The van der Waals surface area contributed by atoms with Gasteiger partial charge < -0.3 is 15.9 Å². The molecule has 100 valence electrons. The molecular formula is C13H18FNO3. The minimum atomic E-state index is -1.49. The summed E-state index contributed by atoms with van der Waals surface area (Å²) in [7, 11) is 0. The normalized spacial score (nSPS) is 16.0. The van der Waals surface area contributed by atoms with Crippen molar-refractivity contribution >= 4 is 5.97 Å². The first-order chi connectivity index (χ1) is 8.47. The van der Waals surface area contributed by atoms with Crippen LogP contribution in [0.3, 0.4) is 0 Å². The van der Waals surface area contributed by atoms with Crippen LogP contribution in [0.1, 0.15) is 18.9 Å². The molecule has 2 unspecified atom stereocenters. The summed E-state index contributed by atoms with van der Waals surface area (Å²) < 4.78 is 13.8. The maximum atomic E-state index is 13.8. The third-order valence-corrected chi connectivity index (χ3v) is 3.16. The molecular weight excluding hydrogens is 237 g/mol. The molecule has 1 aromatic carbocycles. The Morgan fingerprint density at radius 2 is 2.11 bits per heavy atom. The van der Waals surface area contributed by atoms with Gasteiger partial charge in [0.15, 0.2) is 0 Å². The second-order valence-electron chi connectivity index (χ2n) is 4.56. The first-order valence-corrected chi connectivity index (χ1v) is 5.77.